The third-order valence-corrected chi connectivity index (χ3v) is 5.58. The third kappa shape index (κ3) is 5.03. The van der Waals surface area contributed by atoms with E-state index >= 15 is 0 Å². The van der Waals surface area contributed by atoms with E-state index < -0.39 is 0 Å². The fourth-order valence-electron chi connectivity index (χ4n) is 3.91. The fourth-order valence-corrected chi connectivity index (χ4v) is 3.91. The van der Waals surface area contributed by atoms with Crippen LogP contribution in [-0.4, -0.2) is 37.1 Å². The zero-order valence-electron chi connectivity index (χ0n) is 19.5. The number of nitrogens with two attached hydrogens (primary N) is 1. The van der Waals surface area contributed by atoms with Crippen LogP contribution in [0.1, 0.15) is 22.5 Å². The van der Waals surface area contributed by atoms with Gasteiger partial charge in [0.05, 0.1) is 48.6 Å². The smallest absolute Gasteiger partial charge is 0.221 e. The van der Waals surface area contributed by atoms with E-state index in [1.54, 1.807) is 42.3 Å². The van der Waals surface area contributed by atoms with Crippen LogP contribution >= 0.6 is 0 Å². The largest absolute Gasteiger partial charge is 0.496 e. The Morgan fingerprint density at radius 2 is 1.69 bits per heavy atom. The number of anilines is 1. The molecule has 0 spiro atoms. The highest BCUT2D eigenvalue weighted by atomic mass is 16.5. The van der Waals surface area contributed by atoms with E-state index in [-0.39, 0.29) is 5.95 Å². The number of methoxy groups -OCH3 is 1. The molecule has 5 rings (SSSR count). The van der Waals surface area contributed by atoms with Crippen molar-refractivity contribution in [2.24, 2.45) is 0 Å². The van der Waals surface area contributed by atoms with Crippen molar-refractivity contribution in [2.45, 2.75) is 13.0 Å². The van der Waals surface area contributed by atoms with Crippen LogP contribution in [-0.2, 0) is 13.0 Å². The summed E-state index contributed by atoms with van der Waals surface area (Å²) in [6.07, 6.45) is 2.46. The highest BCUT2D eigenvalue weighted by molar-refractivity contribution is 5.68. The number of nitrogen functional groups attached to an aromatic ring is 1. The average molecular weight is 475 g/mol. The SMILES string of the molecule is COc1ccccc1Cc1cccc(Cn2cc(-c3cc(-c4cccc(C#N)c4)nc(N)n3)nn2)n1. The van der Waals surface area contributed by atoms with Crippen molar-refractivity contribution in [3.63, 3.8) is 0 Å². The Hall–Kier alpha value is -5.10. The predicted octanol–water partition coefficient (Wildman–Crippen LogP) is 3.90. The van der Waals surface area contributed by atoms with Gasteiger partial charge < -0.3 is 10.5 Å². The van der Waals surface area contributed by atoms with E-state index in [9.17, 15) is 5.26 Å². The number of nitriles is 1. The van der Waals surface area contributed by atoms with Gasteiger partial charge in [0.25, 0.3) is 0 Å². The van der Waals surface area contributed by atoms with Gasteiger partial charge in [-0.2, -0.15) is 5.26 Å². The predicted molar refractivity (Wildman–Crippen MR) is 135 cm³/mol. The van der Waals surface area contributed by atoms with Gasteiger partial charge in [0, 0.05) is 23.2 Å². The van der Waals surface area contributed by atoms with Gasteiger partial charge in [-0.3, -0.25) is 4.98 Å². The monoisotopic (exact) mass is 474 g/mol. The second kappa shape index (κ2) is 10.0. The molecule has 9 heteroatoms. The maximum atomic E-state index is 9.20. The van der Waals surface area contributed by atoms with E-state index in [2.05, 4.69) is 26.3 Å². The number of para-hydroxylation sites is 1. The molecule has 0 saturated heterocycles. The first kappa shape index (κ1) is 22.7. The summed E-state index contributed by atoms with van der Waals surface area (Å²) in [5.74, 6) is 0.957. The number of hydrogen-bond donors (Lipinski definition) is 1. The molecule has 176 valence electrons. The Balaban J connectivity index is 1.36. The van der Waals surface area contributed by atoms with Crippen LogP contribution in [0.25, 0.3) is 22.6 Å². The second-order valence-electron chi connectivity index (χ2n) is 8.10. The van der Waals surface area contributed by atoms with Crippen molar-refractivity contribution in [3.8, 4) is 34.5 Å². The Bertz CT molecular complexity index is 1570. The number of aromatic nitrogens is 6. The maximum Gasteiger partial charge on any atom is 0.221 e. The van der Waals surface area contributed by atoms with E-state index in [0.717, 1.165) is 28.3 Å². The summed E-state index contributed by atoms with van der Waals surface area (Å²) in [6, 6.07) is 24.9. The minimum Gasteiger partial charge on any atom is -0.496 e. The van der Waals surface area contributed by atoms with Crippen LogP contribution in [0.5, 0.6) is 5.75 Å². The first-order valence-corrected chi connectivity index (χ1v) is 11.2. The zero-order chi connectivity index (χ0) is 24.9. The fraction of sp³-hybridized carbons (Fsp3) is 0.111. The van der Waals surface area contributed by atoms with Gasteiger partial charge in [0.15, 0.2) is 0 Å². The Kier molecular flexibility index (Phi) is 6.32. The molecule has 3 heterocycles. The van der Waals surface area contributed by atoms with Crippen LogP contribution in [0.15, 0.2) is 79.0 Å². The molecule has 0 atom stereocenters. The minimum atomic E-state index is 0.116. The molecule has 0 saturated carbocycles. The molecular weight excluding hydrogens is 452 g/mol. The van der Waals surface area contributed by atoms with Crippen LogP contribution < -0.4 is 10.5 Å². The summed E-state index contributed by atoms with van der Waals surface area (Å²) in [4.78, 5) is 13.4. The van der Waals surface area contributed by atoms with Crippen molar-refractivity contribution in [1.29, 1.82) is 5.26 Å². The number of rotatable bonds is 7. The summed E-state index contributed by atoms with van der Waals surface area (Å²) in [5, 5.41) is 17.7. The Labute approximate surface area is 207 Å². The number of hydrogen-bond acceptors (Lipinski definition) is 8. The topological polar surface area (TPSA) is 128 Å². The van der Waals surface area contributed by atoms with Crippen molar-refractivity contribution >= 4 is 5.95 Å². The molecule has 0 unspecified atom stereocenters. The van der Waals surface area contributed by atoms with Crippen LogP contribution in [0, 0.1) is 11.3 Å². The number of benzene rings is 2. The summed E-state index contributed by atoms with van der Waals surface area (Å²) in [5.41, 5.74) is 11.9. The molecule has 5 aromatic rings. The highest BCUT2D eigenvalue weighted by Gasteiger charge is 2.12. The van der Waals surface area contributed by atoms with Crippen molar-refractivity contribution in [2.75, 3.05) is 12.8 Å². The van der Waals surface area contributed by atoms with Crippen LogP contribution in [0.2, 0.25) is 0 Å². The molecule has 36 heavy (non-hydrogen) atoms. The molecule has 3 aromatic heterocycles. The van der Waals surface area contributed by atoms with Gasteiger partial charge in [-0.1, -0.05) is 41.6 Å². The molecular formula is C27H22N8O. The summed E-state index contributed by atoms with van der Waals surface area (Å²) < 4.78 is 7.17. The first-order valence-electron chi connectivity index (χ1n) is 11.2. The molecule has 9 nitrogen and oxygen atoms in total. The molecule has 2 N–H and O–H groups in total. The molecule has 0 aliphatic carbocycles. The van der Waals surface area contributed by atoms with E-state index in [1.165, 1.54) is 0 Å². The van der Waals surface area contributed by atoms with Gasteiger partial charge in [-0.05, 0) is 36.4 Å². The second-order valence-corrected chi connectivity index (χ2v) is 8.10. The molecule has 0 radical (unpaired) electrons. The summed E-state index contributed by atoms with van der Waals surface area (Å²) in [6.45, 7) is 0.449. The molecule has 0 aliphatic heterocycles. The minimum absolute atomic E-state index is 0.116. The number of nitrogens with zero attached hydrogens (tertiary/aromatic N) is 7. The Morgan fingerprint density at radius 1 is 0.889 bits per heavy atom. The standard InChI is InChI=1S/C27H22N8O/c1-36-26-11-3-2-7-20(26)13-21-9-5-10-22(30-21)16-35-17-25(33-34-35)24-14-23(31-27(29)32-24)19-8-4-6-18(12-19)15-28/h2-12,14,17H,13,16H2,1H3,(H2,29,31,32). The van der Waals surface area contributed by atoms with E-state index in [4.69, 9.17) is 15.5 Å². The number of ether oxygens (including phenoxy) is 1. The molecule has 2 aromatic carbocycles. The summed E-state index contributed by atoms with van der Waals surface area (Å²) in [7, 11) is 1.67. The van der Waals surface area contributed by atoms with Crippen LogP contribution in [0.4, 0.5) is 5.95 Å². The van der Waals surface area contributed by atoms with Crippen molar-refractivity contribution in [3.05, 3.63) is 102 Å². The number of pyridine rings is 1. The van der Waals surface area contributed by atoms with Crippen LogP contribution in [0.3, 0.4) is 0 Å². The molecule has 0 amide bonds. The van der Waals surface area contributed by atoms with Gasteiger partial charge in [-0.15, -0.1) is 5.10 Å². The van der Waals surface area contributed by atoms with Gasteiger partial charge in [0.2, 0.25) is 5.95 Å². The zero-order valence-corrected chi connectivity index (χ0v) is 19.5. The van der Waals surface area contributed by atoms with Crippen molar-refractivity contribution in [1.82, 2.24) is 29.9 Å². The van der Waals surface area contributed by atoms with Gasteiger partial charge in [-0.25, -0.2) is 14.6 Å². The van der Waals surface area contributed by atoms with Crippen molar-refractivity contribution < 1.29 is 4.74 Å². The Morgan fingerprint density at radius 3 is 2.56 bits per heavy atom. The average Bonchev–Trinajstić information content (AvgIpc) is 3.37. The molecule has 0 bridgehead atoms. The quantitative estimate of drug-likeness (QED) is 0.376. The highest BCUT2D eigenvalue weighted by Crippen LogP contribution is 2.24. The lowest BCUT2D eigenvalue weighted by atomic mass is 10.1. The molecule has 0 fully saturated rings. The normalized spacial score (nSPS) is 10.7. The first-order chi connectivity index (χ1) is 17.6. The summed E-state index contributed by atoms with van der Waals surface area (Å²) >= 11 is 0. The van der Waals surface area contributed by atoms with E-state index in [1.807, 2.05) is 48.5 Å². The van der Waals surface area contributed by atoms with Gasteiger partial charge in [0.1, 0.15) is 11.4 Å². The lowest BCUT2D eigenvalue weighted by Gasteiger charge is -2.09. The lowest BCUT2D eigenvalue weighted by molar-refractivity contribution is 0.410. The van der Waals surface area contributed by atoms with Gasteiger partial charge >= 0.3 is 0 Å². The maximum absolute atomic E-state index is 9.20. The molecule has 0 aliphatic rings. The third-order valence-electron chi connectivity index (χ3n) is 5.58. The van der Waals surface area contributed by atoms with E-state index in [0.29, 0.717) is 35.6 Å². The lowest BCUT2D eigenvalue weighted by Crippen LogP contribution is -2.04.